The lowest BCUT2D eigenvalue weighted by atomic mass is 10.1. The van der Waals surface area contributed by atoms with Gasteiger partial charge in [0.2, 0.25) is 0 Å². The minimum absolute atomic E-state index is 0.0527. The molecule has 0 saturated carbocycles. The van der Waals surface area contributed by atoms with Gasteiger partial charge in [-0.25, -0.2) is 9.79 Å². The van der Waals surface area contributed by atoms with E-state index in [9.17, 15) is 4.79 Å². The van der Waals surface area contributed by atoms with Crippen molar-refractivity contribution >= 4 is 23.3 Å². The Bertz CT molecular complexity index is 825. The van der Waals surface area contributed by atoms with Crippen molar-refractivity contribution in [3.8, 4) is 5.75 Å². The summed E-state index contributed by atoms with van der Waals surface area (Å²) in [6, 6.07) is 13.3. The molecule has 0 radical (unpaired) electrons. The fourth-order valence-corrected chi connectivity index (χ4v) is 1.98. The van der Waals surface area contributed by atoms with Gasteiger partial charge in [0.1, 0.15) is 5.75 Å². The van der Waals surface area contributed by atoms with Crippen molar-refractivity contribution in [1.82, 2.24) is 5.48 Å². The Kier molecular flexibility index (Phi) is 6.53. The maximum Gasteiger partial charge on any atom is 0.343 e. The molecule has 0 unspecified atom stereocenters. The molecule has 0 aliphatic rings. The van der Waals surface area contributed by atoms with Gasteiger partial charge in [0.15, 0.2) is 5.96 Å². The van der Waals surface area contributed by atoms with Crippen LogP contribution in [-0.2, 0) is 4.84 Å². The van der Waals surface area contributed by atoms with Crippen LogP contribution in [0.3, 0.4) is 0 Å². The third kappa shape index (κ3) is 5.50. The van der Waals surface area contributed by atoms with Gasteiger partial charge in [0.05, 0.1) is 23.6 Å². The zero-order valence-electron chi connectivity index (χ0n) is 14.1. The molecule has 0 atom stereocenters. The lowest BCUT2D eigenvalue weighted by molar-refractivity contribution is 0.0734. The summed E-state index contributed by atoms with van der Waals surface area (Å²) in [7, 11) is 0. The largest absolute Gasteiger partial charge is 0.423 e. The highest BCUT2D eigenvalue weighted by Crippen LogP contribution is 2.20. The van der Waals surface area contributed by atoms with Crippen molar-refractivity contribution in [2.45, 2.75) is 0 Å². The third-order valence-electron chi connectivity index (χ3n) is 3.15. The summed E-state index contributed by atoms with van der Waals surface area (Å²) in [5.41, 5.74) is 15.5. The normalized spacial score (nSPS) is 9.85. The second-order valence-electron chi connectivity index (χ2n) is 5.18. The summed E-state index contributed by atoms with van der Waals surface area (Å²) < 4.78 is 5.39. The number of nitrogens with one attached hydrogen (secondary N) is 1. The highest BCUT2D eigenvalue weighted by molar-refractivity contribution is 5.91. The zero-order valence-corrected chi connectivity index (χ0v) is 14.1. The fraction of sp³-hybridized carbons (Fsp3) is 0.0526. The van der Waals surface area contributed by atoms with Crippen molar-refractivity contribution in [2.75, 3.05) is 6.61 Å². The van der Waals surface area contributed by atoms with Crippen molar-refractivity contribution in [1.29, 1.82) is 0 Å². The molecule has 5 N–H and O–H groups in total. The van der Waals surface area contributed by atoms with Gasteiger partial charge in [0, 0.05) is 5.56 Å². The number of nitrogens with two attached hydrogens (primary N) is 2. The van der Waals surface area contributed by atoms with Crippen molar-refractivity contribution < 1.29 is 14.4 Å². The summed E-state index contributed by atoms with van der Waals surface area (Å²) in [4.78, 5) is 21.3. The molecule has 0 saturated heterocycles. The minimum atomic E-state index is -0.500. The van der Waals surface area contributed by atoms with E-state index >= 15 is 0 Å². The summed E-state index contributed by atoms with van der Waals surface area (Å²) in [6.45, 7) is 7.76. The van der Waals surface area contributed by atoms with Gasteiger partial charge in [-0.3, -0.25) is 10.3 Å². The monoisotopic (exact) mass is 352 g/mol. The Hall–Kier alpha value is -3.58. The Morgan fingerprint density at radius 1 is 1.15 bits per heavy atom. The molecule has 0 bridgehead atoms. The molecule has 0 spiro atoms. The van der Waals surface area contributed by atoms with Crippen molar-refractivity contribution in [3.63, 3.8) is 0 Å². The number of rotatable bonds is 8. The first-order valence-corrected chi connectivity index (χ1v) is 7.69. The predicted molar refractivity (Wildman–Crippen MR) is 102 cm³/mol. The van der Waals surface area contributed by atoms with Gasteiger partial charge in [0.25, 0.3) is 0 Å². The quantitative estimate of drug-likeness (QED) is 0.128. The van der Waals surface area contributed by atoms with Crippen molar-refractivity contribution in [3.05, 3.63) is 78.9 Å². The molecule has 7 heteroatoms. The van der Waals surface area contributed by atoms with Gasteiger partial charge in [-0.15, -0.1) is 6.58 Å². The van der Waals surface area contributed by atoms with Crippen LogP contribution in [0.5, 0.6) is 5.75 Å². The molecule has 2 aromatic rings. The van der Waals surface area contributed by atoms with Crippen LogP contribution in [0.1, 0.15) is 15.9 Å². The van der Waals surface area contributed by atoms with Gasteiger partial charge in [-0.2, -0.15) is 0 Å². The molecular weight excluding hydrogens is 332 g/mol. The van der Waals surface area contributed by atoms with Gasteiger partial charge < -0.3 is 16.2 Å². The van der Waals surface area contributed by atoms with E-state index in [0.29, 0.717) is 29.3 Å². The first kappa shape index (κ1) is 18.8. The second-order valence-corrected chi connectivity index (χ2v) is 5.18. The number of benzene rings is 2. The van der Waals surface area contributed by atoms with Crippen LogP contribution in [0.4, 0.5) is 5.69 Å². The Balaban J connectivity index is 2.04. The molecule has 26 heavy (non-hydrogen) atoms. The van der Waals surface area contributed by atoms with Gasteiger partial charge in [-0.1, -0.05) is 24.8 Å². The number of nitrogens with zero attached hydrogens (tertiary/aromatic N) is 1. The molecule has 7 nitrogen and oxygen atoms in total. The summed E-state index contributed by atoms with van der Waals surface area (Å²) in [5.74, 6) is -0.171. The SMILES string of the molecule is C=CCONC(=C)c1cccc(OC(=O)c2ccc(N=C(N)N)cc2)c1. The fourth-order valence-electron chi connectivity index (χ4n) is 1.98. The van der Waals surface area contributed by atoms with E-state index in [0.717, 1.165) is 5.56 Å². The Morgan fingerprint density at radius 3 is 2.54 bits per heavy atom. The van der Waals surface area contributed by atoms with Crippen LogP contribution in [0, 0.1) is 0 Å². The molecule has 0 aliphatic carbocycles. The minimum Gasteiger partial charge on any atom is -0.423 e. The average molecular weight is 352 g/mol. The van der Waals surface area contributed by atoms with Gasteiger partial charge >= 0.3 is 5.97 Å². The topological polar surface area (TPSA) is 112 Å². The lowest BCUT2D eigenvalue weighted by Gasteiger charge is -2.10. The smallest absolute Gasteiger partial charge is 0.343 e. The molecule has 0 aliphatic heterocycles. The number of hydrogen-bond donors (Lipinski definition) is 3. The van der Waals surface area contributed by atoms with Crippen LogP contribution < -0.4 is 21.7 Å². The predicted octanol–water partition coefficient (Wildman–Crippen LogP) is 2.49. The highest BCUT2D eigenvalue weighted by Gasteiger charge is 2.10. The second kappa shape index (κ2) is 9.05. The highest BCUT2D eigenvalue weighted by atomic mass is 16.6. The standard InChI is InChI=1S/C19H20N4O3/c1-3-11-25-23-13(2)15-5-4-6-17(12-15)26-18(24)14-7-9-16(10-8-14)22-19(20)21/h3-10,12,23H,1-2,11H2,(H4,20,21,22). The molecule has 0 aromatic heterocycles. The first-order chi connectivity index (χ1) is 12.5. The van der Waals surface area contributed by atoms with E-state index < -0.39 is 5.97 Å². The summed E-state index contributed by atoms with van der Waals surface area (Å²) in [5, 5.41) is 0. The van der Waals surface area contributed by atoms with Gasteiger partial charge in [-0.05, 0) is 36.4 Å². The number of carbonyl (C=O) groups is 1. The molecule has 0 fully saturated rings. The number of guanidine groups is 1. The van der Waals surface area contributed by atoms with Crippen LogP contribution >= 0.6 is 0 Å². The lowest BCUT2D eigenvalue weighted by Crippen LogP contribution is -2.21. The molecule has 0 amide bonds. The Labute approximate surface area is 151 Å². The average Bonchev–Trinajstić information content (AvgIpc) is 2.62. The number of hydroxylamine groups is 1. The maximum atomic E-state index is 12.3. The molecule has 2 rings (SSSR count). The molecule has 0 heterocycles. The number of aliphatic imine (C=N–C) groups is 1. The number of hydrogen-bond acceptors (Lipinski definition) is 5. The van der Waals surface area contributed by atoms with E-state index in [1.54, 1.807) is 48.5 Å². The van der Waals surface area contributed by atoms with Crippen LogP contribution in [0.25, 0.3) is 5.70 Å². The zero-order chi connectivity index (χ0) is 18.9. The van der Waals surface area contributed by atoms with Crippen LogP contribution in [-0.4, -0.2) is 18.5 Å². The summed E-state index contributed by atoms with van der Waals surface area (Å²) >= 11 is 0. The first-order valence-electron chi connectivity index (χ1n) is 7.69. The maximum absolute atomic E-state index is 12.3. The molecule has 134 valence electrons. The third-order valence-corrected chi connectivity index (χ3v) is 3.15. The van der Waals surface area contributed by atoms with Crippen LogP contribution in [0.2, 0.25) is 0 Å². The van der Waals surface area contributed by atoms with Crippen LogP contribution in [0.15, 0.2) is 72.8 Å². The molecule has 2 aromatic carbocycles. The van der Waals surface area contributed by atoms with E-state index in [4.69, 9.17) is 21.0 Å². The van der Waals surface area contributed by atoms with Crippen molar-refractivity contribution in [2.24, 2.45) is 16.5 Å². The van der Waals surface area contributed by atoms with E-state index in [2.05, 4.69) is 23.6 Å². The van der Waals surface area contributed by atoms with E-state index in [-0.39, 0.29) is 5.96 Å². The number of ether oxygens (including phenoxy) is 1. The van der Waals surface area contributed by atoms with E-state index in [1.165, 1.54) is 0 Å². The summed E-state index contributed by atoms with van der Waals surface area (Å²) in [6.07, 6.45) is 1.61. The number of carbonyl (C=O) groups excluding carboxylic acids is 1. The Morgan fingerprint density at radius 2 is 1.88 bits per heavy atom. The number of esters is 1. The molecular formula is C19H20N4O3. The van der Waals surface area contributed by atoms with E-state index in [1.807, 2.05) is 6.07 Å².